The van der Waals surface area contributed by atoms with Crippen LogP contribution in [0.2, 0.25) is 0 Å². The highest BCUT2D eigenvalue weighted by atomic mass is 16.3. The number of hydrogen-bond acceptors (Lipinski definition) is 4. The number of aryl methyl sites for hydroxylation is 1. The number of fused-ring (bicyclic) bond motifs is 5. The molecule has 6 rings (SSSR count). The van der Waals surface area contributed by atoms with Gasteiger partial charge in [0.15, 0.2) is 5.82 Å². The molecule has 5 saturated carbocycles. The third-order valence-corrected chi connectivity index (χ3v) is 10.8. The molecule has 1 aromatic rings. The fourth-order valence-corrected chi connectivity index (χ4v) is 9.41. The van der Waals surface area contributed by atoms with E-state index in [2.05, 4.69) is 29.3 Å². The van der Waals surface area contributed by atoms with E-state index in [1.54, 1.807) is 0 Å². The van der Waals surface area contributed by atoms with Crippen LogP contribution in [0.3, 0.4) is 0 Å². The summed E-state index contributed by atoms with van der Waals surface area (Å²) in [6.07, 6.45) is 13.4. The Kier molecular flexibility index (Phi) is 4.44. The molecule has 1 aromatic heterocycles. The van der Waals surface area contributed by atoms with E-state index in [0.717, 1.165) is 72.6 Å². The molecular weight excluding hydrogens is 372 g/mol. The van der Waals surface area contributed by atoms with Crippen LogP contribution in [-0.4, -0.2) is 30.9 Å². The van der Waals surface area contributed by atoms with E-state index < -0.39 is 5.60 Å². The molecule has 5 nitrogen and oxygen atoms in total. The maximum Gasteiger partial charge on any atom is 0.171 e. The quantitative estimate of drug-likeness (QED) is 0.786. The SMILES string of the molecule is Cc1nnn(CC2CC2[C@H]2CC[C@H]3[C@@H]4CC[C@@H]5C[C@](C)(O)CC[C@@H]5[C@H]4CC[C@]23C)n1. The molecule has 5 fully saturated rings. The van der Waals surface area contributed by atoms with Crippen molar-refractivity contribution < 1.29 is 5.11 Å². The summed E-state index contributed by atoms with van der Waals surface area (Å²) in [7, 11) is 0. The fourth-order valence-electron chi connectivity index (χ4n) is 9.41. The summed E-state index contributed by atoms with van der Waals surface area (Å²) in [6, 6.07) is 0. The van der Waals surface area contributed by atoms with Gasteiger partial charge >= 0.3 is 0 Å². The molecular formula is C25H40N4O. The molecule has 166 valence electrons. The van der Waals surface area contributed by atoms with E-state index in [9.17, 15) is 5.11 Å². The summed E-state index contributed by atoms with van der Waals surface area (Å²) in [6.45, 7) is 7.66. The van der Waals surface area contributed by atoms with Crippen molar-refractivity contribution in [1.82, 2.24) is 20.2 Å². The van der Waals surface area contributed by atoms with Crippen LogP contribution in [0.4, 0.5) is 0 Å². The summed E-state index contributed by atoms with van der Waals surface area (Å²) >= 11 is 0. The summed E-state index contributed by atoms with van der Waals surface area (Å²) in [5, 5.41) is 23.3. The minimum absolute atomic E-state index is 0.395. The molecule has 0 aliphatic heterocycles. The van der Waals surface area contributed by atoms with Crippen LogP contribution < -0.4 is 0 Å². The highest BCUT2D eigenvalue weighted by Crippen LogP contribution is 2.68. The monoisotopic (exact) mass is 412 g/mol. The Bertz CT molecular complexity index is 805. The highest BCUT2D eigenvalue weighted by molar-refractivity contribution is 5.10. The number of tetrazole rings is 1. The first-order valence-corrected chi connectivity index (χ1v) is 12.8. The van der Waals surface area contributed by atoms with Crippen molar-refractivity contribution in [2.24, 2.45) is 52.8 Å². The van der Waals surface area contributed by atoms with E-state index in [-0.39, 0.29) is 0 Å². The Labute approximate surface area is 181 Å². The lowest BCUT2D eigenvalue weighted by Crippen LogP contribution is -2.50. The van der Waals surface area contributed by atoms with Crippen LogP contribution in [-0.2, 0) is 6.54 Å². The molecule has 1 N–H and O–H groups in total. The van der Waals surface area contributed by atoms with Crippen LogP contribution in [0.25, 0.3) is 0 Å². The second kappa shape index (κ2) is 6.76. The van der Waals surface area contributed by atoms with Crippen LogP contribution in [0.1, 0.15) is 83.9 Å². The van der Waals surface area contributed by atoms with E-state index in [1.165, 1.54) is 51.4 Å². The summed E-state index contributed by atoms with van der Waals surface area (Å²) in [5.74, 6) is 7.95. The average molecular weight is 413 g/mol. The molecule has 5 aliphatic carbocycles. The summed E-state index contributed by atoms with van der Waals surface area (Å²) in [5.41, 5.74) is 0.174. The molecule has 0 aromatic carbocycles. The first kappa shape index (κ1) is 19.7. The number of hydrogen-bond donors (Lipinski definition) is 1. The normalized spacial score (nSPS) is 52.4. The molecule has 1 heterocycles. The zero-order valence-corrected chi connectivity index (χ0v) is 19.1. The van der Waals surface area contributed by atoms with Crippen LogP contribution in [0.5, 0.6) is 0 Å². The summed E-state index contributed by atoms with van der Waals surface area (Å²) in [4.78, 5) is 1.84. The van der Waals surface area contributed by atoms with E-state index in [1.807, 2.05) is 11.7 Å². The average Bonchev–Trinajstić information content (AvgIpc) is 3.15. The molecule has 0 spiro atoms. The number of aliphatic hydroxyl groups is 1. The Morgan fingerprint density at radius 3 is 2.47 bits per heavy atom. The van der Waals surface area contributed by atoms with Gasteiger partial charge in [-0.25, -0.2) is 0 Å². The van der Waals surface area contributed by atoms with Gasteiger partial charge < -0.3 is 5.11 Å². The lowest BCUT2D eigenvalue weighted by molar-refractivity contribution is -0.101. The second-order valence-corrected chi connectivity index (χ2v) is 12.5. The Morgan fingerprint density at radius 1 is 0.933 bits per heavy atom. The maximum absolute atomic E-state index is 10.6. The predicted octanol–water partition coefficient (Wildman–Crippen LogP) is 4.64. The van der Waals surface area contributed by atoms with Crippen LogP contribution in [0, 0.1) is 59.7 Å². The Morgan fingerprint density at radius 2 is 1.70 bits per heavy atom. The number of aromatic nitrogens is 4. The van der Waals surface area contributed by atoms with Crippen molar-refractivity contribution in [2.75, 3.05) is 0 Å². The van der Waals surface area contributed by atoms with Crippen molar-refractivity contribution in [3.63, 3.8) is 0 Å². The number of rotatable bonds is 3. The minimum atomic E-state index is -0.395. The molecule has 0 bridgehead atoms. The van der Waals surface area contributed by atoms with Gasteiger partial charge in [-0.05, 0) is 136 Å². The van der Waals surface area contributed by atoms with Crippen molar-refractivity contribution >= 4 is 0 Å². The first-order chi connectivity index (χ1) is 14.3. The van der Waals surface area contributed by atoms with E-state index in [4.69, 9.17) is 0 Å². The highest BCUT2D eigenvalue weighted by Gasteiger charge is 2.61. The molecule has 5 heteroatoms. The van der Waals surface area contributed by atoms with Gasteiger partial charge in [0, 0.05) is 0 Å². The third-order valence-electron chi connectivity index (χ3n) is 10.8. The van der Waals surface area contributed by atoms with Crippen LogP contribution in [0.15, 0.2) is 0 Å². The summed E-state index contributed by atoms with van der Waals surface area (Å²) < 4.78 is 0. The van der Waals surface area contributed by atoms with Gasteiger partial charge in [-0.15, -0.1) is 10.2 Å². The minimum Gasteiger partial charge on any atom is -0.390 e. The van der Waals surface area contributed by atoms with Gasteiger partial charge in [0.2, 0.25) is 0 Å². The second-order valence-electron chi connectivity index (χ2n) is 12.5. The molecule has 0 saturated heterocycles. The van der Waals surface area contributed by atoms with Gasteiger partial charge in [-0.1, -0.05) is 6.92 Å². The first-order valence-electron chi connectivity index (χ1n) is 12.8. The van der Waals surface area contributed by atoms with Crippen LogP contribution >= 0.6 is 0 Å². The Hall–Kier alpha value is -0.970. The molecule has 0 radical (unpaired) electrons. The van der Waals surface area contributed by atoms with E-state index >= 15 is 0 Å². The number of nitrogens with zero attached hydrogens (tertiary/aromatic N) is 4. The topological polar surface area (TPSA) is 63.8 Å². The molecule has 10 atom stereocenters. The molecule has 0 amide bonds. The standard InChI is InChI=1S/C25H40N4O/c1-15-26-28-29(27-15)14-17-12-21(17)23-7-6-22-20-5-4-16-13-24(2,30)10-8-18(16)19(20)9-11-25(22,23)3/h16-23,30H,4-14H2,1-3H3/t16-,17?,18+,19-,20-,21?,22+,23-,24-,25+/m1/s1. The van der Waals surface area contributed by atoms with Crippen molar-refractivity contribution in [2.45, 2.75) is 97.1 Å². The molecule has 5 aliphatic rings. The van der Waals surface area contributed by atoms with E-state index in [0.29, 0.717) is 5.41 Å². The lowest BCUT2D eigenvalue weighted by atomic mass is 9.49. The van der Waals surface area contributed by atoms with Gasteiger partial charge in [0.25, 0.3) is 0 Å². The van der Waals surface area contributed by atoms with Gasteiger partial charge in [0.05, 0.1) is 12.1 Å². The van der Waals surface area contributed by atoms with Gasteiger partial charge in [-0.2, -0.15) is 4.80 Å². The zero-order valence-electron chi connectivity index (χ0n) is 19.1. The molecule has 2 unspecified atom stereocenters. The smallest absolute Gasteiger partial charge is 0.171 e. The zero-order chi connectivity index (χ0) is 20.7. The maximum atomic E-state index is 10.6. The fraction of sp³-hybridized carbons (Fsp3) is 0.960. The van der Waals surface area contributed by atoms with Gasteiger partial charge in [0.1, 0.15) is 0 Å². The van der Waals surface area contributed by atoms with Crippen molar-refractivity contribution in [1.29, 1.82) is 0 Å². The Balaban J connectivity index is 1.15. The third kappa shape index (κ3) is 3.09. The van der Waals surface area contributed by atoms with Crippen molar-refractivity contribution in [3.8, 4) is 0 Å². The van der Waals surface area contributed by atoms with Crippen molar-refractivity contribution in [3.05, 3.63) is 5.82 Å². The van der Waals surface area contributed by atoms with Gasteiger partial charge in [-0.3, -0.25) is 0 Å². The molecule has 30 heavy (non-hydrogen) atoms. The largest absolute Gasteiger partial charge is 0.390 e. The predicted molar refractivity (Wildman–Crippen MR) is 115 cm³/mol. The lowest BCUT2D eigenvalue weighted by Gasteiger charge is -2.57.